The number of amides is 1. The Kier molecular flexibility index (Phi) is 5.55. The highest BCUT2D eigenvalue weighted by Crippen LogP contribution is 2.09. The third-order valence-corrected chi connectivity index (χ3v) is 4.13. The molecule has 0 aromatic carbocycles. The van der Waals surface area contributed by atoms with Gasteiger partial charge >= 0.3 is 0 Å². The molecule has 1 saturated heterocycles. The van der Waals surface area contributed by atoms with Crippen molar-refractivity contribution in [2.75, 3.05) is 38.0 Å². The van der Waals surface area contributed by atoms with Crippen molar-refractivity contribution in [3.63, 3.8) is 0 Å². The van der Waals surface area contributed by atoms with Crippen LogP contribution in [0.25, 0.3) is 0 Å². The van der Waals surface area contributed by atoms with Crippen LogP contribution in [0, 0.1) is 6.92 Å². The Bertz CT molecular complexity index is 650. The van der Waals surface area contributed by atoms with E-state index in [1.54, 1.807) is 13.0 Å². The number of aromatic nitrogens is 2. The zero-order valence-electron chi connectivity index (χ0n) is 13.9. The van der Waals surface area contributed by atoms with Crippen LogP contribution in [0.15, 0.2) is 35.0 Å². The fraction of sp³-hybridized carbons (Fsp3) is 0.471. The SMILES string of the molecule is Cc1cc(NC(=O)CCN2CCN(Cc3ccccn3)CC2)no1. The number of carbonyl (C=O) groups excluding carboxylic acids is 1. The molecule has 0 bridgehead atoms. The smallest absolute Gasteiger partial charge is 0.226 e. The van der Waals surface area contributed by atoms with Gasteiger partial charge in [-0.05, 0) is 19.1 Å². The Labute approximate surface area is 141 Å². The van der Waals surface area contributed by atoms with Gasteiger partial charge in [-0.15, -0.1) is 0 Å². The van der Waals surface area contributed by atoms with Gasteiger partial charge in [-0.2, -0.15) is 0 Å². The number of aryl methyl sites for hydroxylation is 1. The minimum absolute atomic E-state index is 0.0285. The molecule has 3 heterocycles. The Morgan fingerprint density at radius 3 is 2.71 bits per heavy atom. The van der Waals surface area contributed by atoms with E-state index in [1.165, 1.54) is 0 Å². The average molecular weight is 329 g/mol. The molecule has 1 N–H and O–H groups in total. The lowest BCUT2D eigenvalue weighted by molar-refractivity contribution is -0.116. The fourth-order valence-electron chi connectivity index (χ4n) is 2.78. The third-order valence-electron chi connectivity index (χ3n) is 4.13. The Hall–Kier alpha value is -2.25. The maximum Gasteiger partial charge on any atom is 0.226 e. The molecule has 1 amide bonds. The molecule has 24 heavy (non-hydrogen) atoms. The number of rotatable bonds is 6. The molecule has 0 radical (unpaired) electrons. The van der Waals surface area contributed by atoms with Crippen molar-refractivity contribution in [3.05, 3.63) is 41.9 Å². The summed E-state index contributed by atoms with van der Waals surface area (Å²) in [6.07, 6.45) is 2.30. The van der Waals surface area contributed by atoms with Gasteiger partial charge in [-0.25, -0.2) is 0 Å². The molecule has 3 rings (SSSR count). The van der Waals surface area contributed by atoms with Gasteiger partial charge in [-0.1, -0.05) is 11.2 Å². The van der Waals surface area contributed by atoms with Crippen LogP contribution >= 0.6 is 0 Å². The predicted octanol–water partition coefficient (Wildman–Crippen LogP) is 1.52. The highest BCUT2D eigenvalue weighted by molar-refractivity contribution is 5.89. The van der Waals surface area contributed by atoms with E-state index in [0.717, 1.165) is 45.0 Å². The largest absolute Gasteiger partial charge is 0.360 e. The Morgan fingerprint density at radius 1 is 1.25 bits per heavy atom. The summed E-state index contributed by atoms with van der Waals surface area (Å²) in [5.74, 6) is 1.14. The van der Waals surface area contributed by atoms with E-state index in [-0.39, 0.29) is 5.91 Å². The molecule has 0 unspecified atom stereocenters. The van der Waals surface area contributed by atoms with E-state index in [0.29, 0.717) is 18.0 Å². The van der Waals surface area contributed by atoms with Gasteiger partial charge in [-0.3, -0.25) is 14.7 Å². The molecular weight excluding hydrogens is 306 g/mol. The first kappa shape index (κ1) is 16.6. The van der Waals surface area contributed by atoms with E-state index in [2.05, 4.69) is 31.3 Å². The van der Waals surface area contributed by atoms with Gasteiger partial charge in [0.05, 0.1) is 5.69 Å². The van der Waals surface area contributed by atoms with Gasteiger partial charge in [0.1, 0.15) is 5.76 Å². The van der Waals surface area contributed by atoms with Crippen molar-refractivity contribution in [2.24, 2.45) is 0 Å². The molecule has 1 aliphatic heterocycles. The third kappa shape index (κ3) is 4.87. The average Bonchev–Trinajstić information content (AvgIpc) is 3.00. The molecular formula is C17H23N5O2. The van der Waals surface area contributed by atoms with Crippen LogP contribution in [0.2, 0.25) is 0 Å². The van der Waals surface area contributed by atoms with Crippen molar-refractivity contribution in [1.29, 1.82) is 0 Å². The maximum atomic E-state index is 11.9. The van der Waals surface area contributed by atoms with E-state index >= 15 is 0 Å². The normalized spacial score (nSPS) is 16.2. The highest BCUT2D eigenvalue weighted by atomic mass is 16.5. The van der Waals surface area contributed by atoms with Crippen LogP contribution in [0.3, 0.4) is 0 Å². The molecule has 1 fully saturated rings. The second-order valence-corrected chi connectivity index (χ2v) is 6.06. The number of pyridine rings is 1. The summed E-state index contributed by atoms with van der Waals surface area (Å²) in [6, 6.07) is 7.73. The summed E-state index contributed by atoms with van der Waals surface area (Å²) in [6.45, 7) is 7.40. The van der Waals surface area contributed by atoms with Crippen molar-refractivity contribution >= 4 is 11.7 Å². The minimum Gasteiger partial charge on any atom is -0.360 e. The lowest BCUT2D eigenvalue weighted by Crippen LogP contribution is -2.46. The fourth-order valence-corrected chi connectivity index (χ4v) is 2.78. The first-order chi connectivity index (χ1) is 11.7. The van der Waals surface area contributed by atoms with E-state index in [1.807, 2.05) is 18.3 Å². The number of piperazine rings is 1. The number of nitrogens with zero attached hydrogens (tertiary/aromatic N) is 4. The summed E-state index contributed by atoms with van der Waals surface area (Å²) in [7, 11) is 0. The first-order valence-corrected chi connectivity index (χ1v) is 8.27. The molecule has 0 spiro atoms. The molecule has 2 aromatic heterocycles. The molecule has 0 atom stereocenters. The molecule has 2 aromatic rings. The summed E-state index contributed by atoms with van der Waals surface area (Å²) in [5.41, 5.74) is 1.10. The van der Waals surface area contributed by atoms with E-state index in [4.69, 9.17) is 4.52 Å². The number of carbonyl (C=O) groups is 1. The van der Waals surface area contributed by atoms with Gasteiger partial charge < -0.3 is 14.7 Å². The molecule has 0 saturated carbocycles. The number of nitrogens with one attached hydrogen (secondary N) is 1. The molecule has 0 aliphatic carbocycles. The lowest BCUT2D eigenvalue weighted by atomic mass is 10.2. The quantitative estimate of drug-likeness (QED) is 0.866. The van der Waals surface area contributed by atoms with Gasteiger partial charge in [0.2, 0.25) is 5.91 Å². The summed E-state index contributed by atoms with van der Waals surface area (Å²) < 4.78 is 4.93. The molecule has 1 aliphatic rings. The van der Waals surface area contributed by atoms with Crippen LogP contribution in [0.4, 0.5) is 5.82 Å². The number of hydrogen-bond acceptors (Lipinski definition) is 6. The Balaban J connectivity index is 1.35. The topological polar surface area (TPSA) is 74.5 Å². The van der Waals surface area contributed by atoms with Crippen molar-refractivity contribution in [3.8, 4) is 0 Å². The van der Waals surface area contributed by atoms with Gasteiger partial charge in [0.15, 0.2) is 5.82 Å². The molecule has 7 nitrogen and oxygen atoms in total. The van der Waals surface area contributed by atoms with E-state index < -0.39 is 0 Å². The predicted molar refractivity (Wildman–Crippen MR) is 90.4 cm³/mol. The van der Waals surface area contributed by atoms with Crippen LogP contribution < -0.4 is 5.32 Å². The van der Waals surface area contributed by atoms with Crippen LogP contribution in [0.5, 0.6) is 0 Å². The second kappa shape index (κ2) is 8.03. The van der Waals surface area contributed by atoms with Crippen molar-refractivity contribution in [1.82, 2.24) is 19.9 Å². The van der Waals surface area contributed by atoms with Crippen molar-refractivity contribution < 1.29 is 9.32 Å². The van der Waals surface area contributed by atoms with Crippen molar-refractivity contribution in [2.45, 2.75) is 19.9 Å². The summed E-state index contributed by atoms with van der Waals surface area (Å²) >= 11 is 0. The zero-order chi connectivity index (χ0) is 16.8. The zero-order valence-corrected chi connectivity index (χ0v) is 13.9. The van der Waals surface area contributed by atoms with E-state index in [9.17, 15) is 4.79 Å². The second-order valence-electron chi connectivity index (χ2n) is 6.06. The van der Waals surface area contributed by atoms with Gasteiger partial charge in [0.25, 0.3) is 0 Å². The summed E-state index contributed by atoms with van der Waals surface area (Å²) in [5, 5.41) is 6.52. The minimum atomic E-state index is -0.0285. The maximum absolute atomic E-state index is 11.9. The van der Waals surface area contributed by atoms with Crippen LogP contribution in [0.1, 0.15) is 17.9 Å². The monoisotopic (exact) mass is 329 g/mol. The standard InChI is InChI=1S/C17H23N5O2/c1-14-12-16(20-24-14)19-17(23)5-7-21-8-10-22(11-9-21)13-15-4-2-3-6-18-15/h2-4,6,12H,5,7-11,13H2,1H3,(H,19,20,23). The van der Waals surface area contributed by atoms with Crippen LogP contribution in [-0.2, 0) is 11.3 Å². The van der Waals surface area contributed by atoms with Crippen LogP contribution in [-0.4, -0.2) is 58.6 Å². The number of anilines is 1. The molecule has 128 valence electrons. The summed E-state index contributed by atoms with van der Waals surface area (Å²) in [4.78, 5) is 21.0. The lowest BCUT2D eigenvalue weighted by Gasteiger charge is -2.34. The Morgan fingerprint density at radius 2 is 2.04 bits per heavy atom. The highest BCUT2D eigenvalue weighted by Gasteiger charge is 2.18. The molecule has 7 heteroatoms. The number of hydrogen-bond donors (Lipinski definition) is 1. The first-order valence-electron chi connectivity index (χ1n) is 8.27. The van der Waals surface area contributed by atoms with Gasteiger partial charge in [0, 0.05) is 58.0 Å².